The molecule has 0 spiro atoms. The molecule has 18 heavy (non-hydrogen) atoms. The highest BCUT2D eigenvalue weighted by Crippen LogP contribution is 2.40. The average molecular weight is 246 g/mol. The van der Waals surface area contributed by atoms with Crippen LogP contribution in [-0.2, 0) is 4.79 Å². The highest BCUT2D eigenvalue weighted by atomic mass is 16.5. The van der Waals surface area contributed by atoms with Gasteiger partial charge in [0.25, 0.3) is 0 Å². The third kappa shape index (κ3) is 1.86. The predicted molar refractivity (Wildman–Crippen MR) is 68.2 cm³/mol. The Morgan fingerprint density at radius 3 is 2.56 bits per heavy atom. The van der Waals surface area contributed by atoms with E-state index in [-0.39, 0.29) is 12.1 Å². The van der Waals surface area contributed by atoms with Crippen LogP contribution in [0.5, 0.6) is 5.75 Å². The first kappa shape index (κ1) is 11.5. The van der Waals surface area contributed by atoms with Crippen LogP contribution in [0.4, 0.5) is 0 Å². The summed E-state index contributed by atoms with van der Waals surface area (Å²) in [7, 11) is 1.66. The number of hydrogen-bond acceptors (Lipinski definition) is 3. The fourth-order valence-electron chi connectivity index (χ4n) is 2.65. The molecule has 1 saturated heterocycles. The molecule has 1 heterocycles. The summed E-state index contributed by atoms with van der Waals surface area (Å²) in [5.74, 6) is 1.69. The van der Waals surface area contributed by atoms with Crippen molar-refractivity contribution in [2.75, 3.05) is 13.7 Å². The molecule has 96 valence electrons. The Bertz CT molecular complexity index is 457. The molecule has 2 fully saturated rings. The molecule has 3 unspecified atom stereocenters. The summed E-state index contributed by atoms with van der Waals surface area (Å²) in [5.41, 5.74) is 1.13. The van der Waals surface area contributed by atoms with Crippen LogP contribution in [0.15, 0.2) is 24.3 Å². The van der Waals surface area contributed by atoms with Crippen molar-refractivity contribution in [3.8, 4) is 5.75 Å². The Labute approximate surface area is 107 Å². The standard InChI is InChI=1S/C14H18N2O2/c1-9-7-12(9)16-13(17)8-15-14(16)10-3-5-11(18-2)6-4-10/h3-6,9,12,14-15H,7-8H2,1-2H3. The number of nitrogens with one attached hydrogen (secondary N) is 1. The second kappa shape index (κ2) is 4.28. The number of amides is 1. The largest absolute Gasteiger partial charge is 0.497 e. The minimum Gasteiger partial charge on any atom is -0.497 e. The lowest BCUT2D eigenvalue weighted by Crippen LogP contribution is -2.33. The van der Waals surface area contributed by atoms with Crippen molar-refractivity contribution >= 4 is 5.91 Å². The maximum Gasteiger partial charge on any atom is 0.238 e. The fraction of sp³-hybridized carbons (Fsp3) is 0.500. The number of hydrogen-bond donors (Lipinski definition) is 1. The summed E-state index contributed by atoms with van der Waals surface area (Å²) in [5, 5.41) is 3.29. The zero-order chi connectivity index (χ0) is 12.7. The topological polar surface area (TPSA) is 41.6 Å². The SMILES string of the molecule is COc1ccc(C2NCC(=O)N2C2CC2C)cc1. The van der Waals surface area contributed by atoms with Gasteiger partial charge in [-0.2, -0.15) is 0 Å². The first-order chi connectivity index (χ1) is 8.70. The minimum atomic E-state index is 0.0263. The van der Waals surface area contributed by atoms with Crippen LogP contribution in [0, 0.1) is 5.92 Å². The first-order valence-electron chi connectivity index (χ1n) is 6.39. The van der Waals surface area contributed by atoms with E-state index < -0.39 is 0 Å². The summed E-state index contributed by atoms with van der Waals surface area (Å²) in [4.78, 5) is 14.0. The van der Waals surface area contributed by atoms with Crippen LogP contribution < -0.4 is 10.1 Å². The highest BCUT2D eigenvalue weighted by molar-refractivity contribution is 5.81. The number of methoxy groups -OCH3 is 1. The Morgan fingerprint density at radius 1 is 1.33 bits per heavy atom. The summed E-state index contributed by atoms with van der Waals surface area (Å²) < 4.78 is 5.16. The molecule has 2 aliphatic rings. The van der Waals surface area contributed by atoms with Crippen LogP contribution in [0.25, 0.3) is 0 Å². The molecule has 1 aliphatic carbocycles. The van der Waals surface area contributed by atoms with Crippen LogP contribution >= 0.6 is 0 Å². The third-order valence-electron chi connectivity index (χ3n) is 3.87. The molecule has 0 bridgehead atoms. The predicted octanol–water partition coefficient (Wildman–Crippen LogP) is 1.53. The molecule has 1 N–H and O–H groups in total. The molecule has 1 amide bonds. The maximum atomic E-state index is 11.9. The molecule has 3 rings (SSSR count). The smallest absolute Gasteiger partial charge is 0.238 e. The van der Waals surface area contributed by atoms with Gasteiger partial charge in [-0.3, -0.25) is 10.1 Å². The first-order valence-corrected chi connectivity index (χ1v) is 6.39. The van der Waals surface area contributed by atoms with Gasteiger partial charge in [0, 0.05) is 6.04 Å². The quantitative estimate of drug-likeness (QED) is 0.879. The zero-order valence-corrected chi connectivity index (χ0v) is 10.7. The third-order valence-corrected chi connectivity index (χ3v) is 3.87. The molecular formula is C14H18N2O2. The van der Waals surface area contributed by atoms with Crippen molar-refractivity contribution in [2.24, 2.45) is 5.92 Å². The van der Waals surface area contributed by atoms with E-state index in [1.54, 1.807) is 7.11 Å². The summed E-state index contributed by atoms with van der Waals surface area (Å²) >= 11 is 0. The number of ether oxygens (including phenoxy) is 1. The molecule has 1 aromatic rings. The van der Waals surface area contributed by atoms with Crippen molar-refractivity contribution < 1.29 is 9.53 Å². The van der Waals surface area contributed by atoms with Gasteiger partial charge in [0.1, 0.15) is 11.9 Å². The van der Waals surface area contributed by atoms with Gasteiger partial charge in [0.15, 0.2) is 0 Å². The van der Waals surface area contributed by atoms with Crippen molar-refractivity contribution in [3.63, 3.8) is 0 Å². The molecule has 3 atom stereocenters. The monoisotopic (exact) mass is 246 g/mol. The maximum absolute atomic E-state index is 11.9. The van der Waals surface area contributed by atoms with Gasteiger partial charge in [-0.25, -0.2) is 0 Å². The van der Waals surface area contributed by atoms with Crippen molar-refractivity contribution in [1.82, 2.24) is 10.2 Å². The number of carbonyl (C=O) groups is 1. The van der Waals surface area contributed by atoms with Crippen molar-refractivity contribution in [3.05, 3.63) is 29.8 Å². The number of carbonyl (C=O) groups excluding carboxylic acids is 1. The van der Waals surface area contributed by atoms with Gasteiger partial charge in [-0.1, -0.05) is 19.1 Å². The second-order valence-corrected chi connectivity index (χ2v) is 5.14. The summed E-state index contributed by atoms with van der Waals surface area (Å²) in [6.07, 6.45) is 1.15. The Kier molecular flexibility index (Phi) is 2.74. The van der Waals surface area contributed by atoms with E-state index in [1.807, 2.05) is 29.2 Å². The van der Waals surface area contributed by atoms with Crippen LogP contribution in [0.1, 0.15) is 25.1 Å². The average Bonchev–Trinajstić information content (AvgIpc) is 2.98. The molecule has 1 aromatic carbocycles. The normalized spacial score (nSPS) is 30.7. The Balaban J connectivity index is 1.83. The van der Waals surface area contributed by atoms with Crippen LogP contribution in [0.2, 0.25) is 0 Å². The van der Waals surface area contributed by atoms with Crippen molar-refractivity contribution in [1.29, 1.82) is 0 Å². The van der Waals surface area contributed by atoms with Gasteiger partial charge in [0.2, 0.25) is 5.91 Å². The molecule has 0 radical (unpaired) electrons. The van der Waals surface area contributed by atoms with E-state index in [0.29, 0.717) is 18.5 Å². The van der Waals surface area contributed by atoms with Crippen LogP contribution in [-0.4, -0.2) is 30.5 Å². The van der Waals surface area contributed by atoms with E-state index in [0.717, 1.165) is 17.7 Å². The second-order valence-electron chi connectivity index (χ2n) is 5.14. The molecule has 4 nitrogen and oxygen atoms in total. The van der Waals surface area contributed by atoms with Gasteiger partial charge in [-0.15, -0.1) is 0 Å². The lowest BCUT2D eigenvalue weighted by Gasteiger charge is -2.25. The molecule has 1 saturated carbocycles. The van der Waals surface area contributed by atoms with Gasteiger partial charge in [-0.05, 0) is 30.0 Å². The minimum absolute atomic E-state index is 0.0263. The lowest BCUT2D eigenvalue weighted by molar-refractivity contribution is -0.128. The van der Waals surface area contributed by atoms with Gasteiger partial charge in [0.05, 0.1) is 13.7 Å². The number of nitrogens with zero attached hydrogens (tertiary/aromatic N) is 1. The number of rotatable bonds is 3. The molecule has 4 heteroatoms. The van der Waals surface area contributed by atoms with E-state index in [2.05, 4.69) is 12.2 Å². The van der Waals surface area contributed by atoms with Crippen molar-refractivity contribution in [2.45, 2.75) is 25.6 Å². The number of benzene rings is 1. The Hall–Kier alpha value is -1.55. The molecule has 0 aromatic heterocycles. The highest BCUT2D eigenvalue weighted by Gasteiger charge is 2.46. The van der Waals surface area contributed by atoms with E-state index in [9.17, 15) is 4.79 Å². The van der Waals surface area contributed by atoms with E-state index in [4.69, 9.17) is 4.74 Å². The fourth-order valence-corrected chi connectivity index (χ4v) is 2.65. The van der Waals surface area contributed by atoms with Gasteiger partial charge >= 0.3 is 0 Å². The Morgan fingerprint density at radius 2 is 2.00 bits per heavy atom. The van der Waals surface area contributed by atoms with Crippen LogP contribution in [0.3, 0.4) is 0 Å². The lowest BCUT2D eigenvalue weighted by atomic mass is 10.1. The van der Waals surface area contributed by atoms with E-state index in [1.165, 1.54) is 0 Å². The molecule has 1 aliphatic heterocycles. The molecular weight excluding hydrogens is 228 g/mol. The summed E-state index contributed by atoms with van der Waals surface area (Å²) in [6.45, 7) is 2.64. The summed E-state index contributed by atoms with van der Waals surface area (Å²) in [6, 6.07) is 8.34. The zero-order valence-electron chi connectivity index (χ0n) is 10.7. The van der Waals surface area contributed by atoms with E-state index >= 15 is 0 Å². The van der Waals surface area contributed by atoms with Gasteiger partial charge < -0.3 is 9.64 Å².